The Balaban J connectivity index is 1.99. The van der Waals surface area contributed by atoms with E-state index < -0.39 is 5.97 Å². The molecule has 0 saturated carbocycles. The van der Waals surface area contributed by atoms with Crippen LogP contribution in [0.4, 0.5) is 0 Å². The second-order valence-electron chi connectivity index (χ2n) is 5.47. The molecule has 1 aromatic heterocycles. The van der Waals surface area contributed by atoms with Crippen LogP contribution in [0.15, 0.2) is 57.7 Å². The molecule has 0 aliphatic rings. The first kappa shape index (κ1) is 17.5. The molecule has 0 bridgehead atoms. The van der Waals surface area contributed by atoms with Crippen molar-refractivity contribution in [3.63, 3.8) is 0 Å². The van der Waals surface area contributed by atoms with Crippen LogP contribution in [0.5, 0.6) is 11.5 Å². The van der Waals surface area contributed by atoms with E-state index in [1.54, 1.807) is 13.0 Å². The summed E-state index contributed by atoms with van der Waals surface area (Å²) >= 11 is 0. The lowest BCUT2D eigenvalue weighted by Gasteiger charge is -2.12. The normalized spacial score (nSPS) is 10.5. The molecule has 0 atom stereocenters. The van der Waals surface area contributed by atoms with Gasteiger partial charge in [0.1, 0.15) is 12.2 Å². The Labute approximate surface area is 149 Å². The summed E-state index contributed by atoms with van der Waals surface area (Å²) in [6.45, 7) is 2.19. The molecular weight excluding hydrogens is 336 g/mol. The molecule has 1 heterocycles. The minimum atomic E-state index is -0.686. The summed E-state index contributed by atoms with van der Waals surface area (Å²) in [7, 11) is 1.49. The molecule has 0 spiro atoms. The Kier molecular flexibility index (Phi) is 5.22. The van der Waals surface area contributed by atoms with Gasteiger partial charge in [0.25, 0.3) is 0 Å². The molecule has 0 radical (unpaired) electrons. The molecular formula is C20H18O6. The third kappa shape index (κ3) is 3.69. The second kappa shape index (κ2) is 7.74. The lowest BCUT2D eigenvalue weighted by molar-refractivity contribution is 0.0490. The van der Waals surface area contributed by atoms with Gasteiger partial charge in [-0.05, 0) is 18.6 Å². The van der Waals surface area contributed by atoms with Gasteiger partial charge in [-0.25, -0.2) is 4.79 Å². The van der Waals surface area contributed by atoms with Crippen LogP contribution in [0.3, 0.4) is 0 Å². The molecule has 26 heavy (non-hydrogen) atoms. The predicted octanol–water partition coefficient (Wildman–Crippen LogP) is 3.56. The van der Waals surface area contributed by atoms with Gasteiger partial charge in [0.2, 0.25) is 5.76 Å². The fourth-order valence-corrected chi connectivity index (χ4v) is 2.47. The lowest BCUT2D eigenvalue weighted by atomic mass is 10.2. The second-order valence-corrected chi connectivity index (χ2v) is 5.47. The minimum absolute atomic E-state index is 0.150. The van der Waals surface area contributed by atoms with Crippen molar-refractivity contribution in [2.24, 2.45) is 0 Å². The highest BCUT2D eigenvalue weighted by molar-refractivity contribution is 5.89. The molecule has 0 amide bonds. The number of fused-ring (bicyclic) bond motifs is 1. The van der Waals surface area contributed by atoms with Crippen LogP contribution in [0.2, 0.25) is 0 Å². The summed E-state index contributed by atoms with van der Waals surface area (Å²) in [6.07, 6.45) is 0. The summed E-state index contributed by atoms with van der Waals surface area (Å²) in [5, 5.41) is 0.293. The first-order valence-electron chi connectivity index (χ1n) is 8.12. The van der Waals surface area contributed by atoms with Gasteiger partial charge in [0, 0.05) is 12.1 Å². The first-order valence-corrected chi connectivity index (χ1v) is 8.12. The Hall–Kier alpha value is -3.28. The van der Waals surface area contributed by atoms with Gasteiger partial charge in [0.05, 0.1) is 19.1 Å². The van der Waals surface area contributed by atoms with Crippen molar-refractivity contribution in [1.29, 1.82) is 0 Å². The van der Waals surface area contributed by atoms with E-state index in [1.807, 2.05) is 30.3 Å². The maximum atomic E-state index is 12.3. The number of benzene rings is 2. The van der Waals surface area contributed by atoms with Crippen molar-refractivity contribution in [3.8, 4) is 11.5 Å². The van der Waals surface area contributed by atoms with Crippen LogP contribution in [0.25, 0.3) is 11.0 Å². The lowest BCUT2D eigenvalue weighted by Crippen LogP contribution is -2.10. The fraction of sp³-hybridized carbons (Fsp3) is 0.200. The van der Waals surface area contributed by atoms with Crippen LogP contribution in [-0.2, 0) is 11.3 Å². The van der Waals surface area contributed by atoms with Crippen molar-refractivity contribution in [2.75, 3.05) is 13.7 Å². The number of hydrogen-bond acceptors (Lipinski definition) is 6. The quantitative estimate of drug-likeness (QED) is 0.630. The summed E-state index contributed by atoms with van der Waals surface area (Å²) in [5.41, 5.74) is 0.850. The molecule has 0 unspecified atom stereocenters. The summed E-state index contributed by atoms with van der Waals surface area (Å²) in [4.78, 5) is 24.2. The van der Waals surface area contributed by atoms with E-state index in [1.165, 1.54) is 13.2 Å². The third-order valence-corrected chi connectivity index (χ3v) is 3.73. The monoisotopic (exact) mass is 354 g/mol. The molecule has 0 fully saturated rings. The highest BCUT2D eigenvalue weighted by atomic mass is 16.5. The van der Waals surface area contributed by atoms with Crippen molar-refractivity contribution in [2.45, 2.75) is 13.5 Å². The van der Waals surface area contributed by atoms with E-state index in [0.717, 1.165) is 11.6 Å². The zero-order valence-corrected chi connectivity index (χ0v) is 14.5. The maximum Gasteiger partial charge on any atom is 0.374 e. The van der Waals surface area contributed by atoms with Crippen LogP contribution < -0.4 is 14.9 Å². The molecule has 6 nitrogen and oxygen atoms in total. The molecule has 0 aliphatic carbocycles. The van der Waals surface area contributed by atoms with E-state index in [-0.39, 0.29) is 23.4 Å². The largest absolute Gasteiger partial charge is 0.493 e. The Morgan fingerprint density at radius 1 is 1.08 bits per heavy atom. The molecule has 6 heteroatoms. The van der Waals surface area contributed by atoms with E-state index in [4.69, 9.17) is 18.6 Å². The number of ether oxygens (including phenoxy) is 3. The van der Waals surface area contributed by atoms with Crippen LogP contribution in [0.1, 0.15) is 23.0 Å². The SMILES string of the molecule is CCOC(=O)c1cc(=O)c2cc(OC)c(OCc3ccccc3)cc2o1. The van der Waals surface area contributed by atoms with Crippen molar-refractivity contribution < 1.29 is 23.4 Å². The van der Waals surface area contributed by atoms with Gasteiger partial charge in [-0.1, -0.05) is 30.3 Å². The van der Waals surface area contributed by atoms with Crippen molar-refractivity contribution in [1.82, 2.24) is 0 Å². The maximum absolute atomic E-state index is 12.3. The highest BCUT2D eigenvalue weighted by Gasteiger charge is 2.16. The Morgan fingerprint density at radius 2 is 1.85 bits per heavy atom. The van der Waals surface area contributed by atoms with E-state index in [2.05, 4.69) is 0 Å². The molecule has 2 aromatic carbocycles. The predicted molar refractivity (Wildman–Crippen MR) is 95.8 cm³/mol. The molecule has 0 aliphatic heterocycles. The Bertz CT molecular complexity index is 975. The standard InChI is InChI=1S/C20H18O6/c1-3-24-20(22)19-10-15(21)14-9-17(23-2)18(11-16(14)26-19)25-12-13-7-5-4-6-8-13/h4-11H,3,12H2,1-2H3. The van der Waals surface area contributed by atoms with Crippen LogP contribution in [-0.4, -0.2) is 19.7 Å². The summed E-state index contributed by atoms with van der Waals surface area (Å²) in [5.74, 6) is -0.0183. The molecule has 0 N–H and O–H groups in total. The number of methoxy groups -OCH3 is 1. The van der Waals surface area contributed by atoms with Gasteiger partial charge >= 0.3 is 5.97 Å². The molecule has 134 valence electrons. The van der Waals surface area contributed by atoms with Crippen LogP contribution in [0, 0.1) is 0 Å². The van der Waals surface area contributed by atoms with E-state index in [0.29, 0.717) is 23.5 Å². The molecule has 3 rings (SSSR count). The van der Waals surface area contributed by atoms with E-state index in [9.17, 15) is 9.59 Å². The van der Waals surface area contributed by atoms with E-state index >= 15 is 0 Å². The zero-order chi connectivity index (χ0) is 18.5. The number of rotatable bonds is 6. The fourth-order valence-electron chi connectivity index (χ4n) is 2.47. The van der Waals surface area contributed by atoms with Gasteiger partial charge in [-0.3, -0.25) is 4.79 Å². The number of carbonyl (C=O) groups excluding carboxylic acids is 1. The number of hydrogen-bond donors (Lipinski definition) is 0. The van der Waals surface area contributed by atoms with Gasteiger partial charge < -0.3 is 18.6 Å². The summed E-state index contributed by atoms with van der Waals surface area (Å²) in [6, 6.07) is 13.8. The van der Waals surface area contributed by atoms with Gasteiger partial charge in [-0.2, -0.15) is 0 Å². The van der Waals surface area contributed by atoms with Gasteiger partial charge in [0.15, 0.2) is 16.9 Å². The van der Waals surface area contributed by atoms with Crippen molar-refractivity contribution >= 4 is 16.9 Å². The topological polar surface area (TPSA) is 75.0 Å². The highest BCUT2D eigenvalue weighted by Crippen LogP contribution is 2.32. The minimum Gasteiger partial charge on any atom is -0.493 e. The smallest absolute Gasteiger partial charge is 0.374 e. The first-order chi connectivity index (χ1) is 12.6. The van der Waals surface area contributed by atoms with Crippen LogP contribution >= 0.6 is 0 Å². The number of carbonyl (C=O) groups is 1. The zero-order valence-electron chi connectivity index (χ0n) is 14.5. The average Bonchev–Trinajstić information content (AvgIpc) is 2.66. The van der Waals surface area contributed by atoms with Gasteiger partial charge in [-0.15, -0.1) is 0 Å². The number of esters is 1. The summed E-state index contributed by atoms with van der Waals surface area (Å²) < 4.78 is 21.5. The van der Waals surface area contributed by atoms with Crippen molar-refractivity contribution in [3.05, 3.63) is 70.1 Å². The third-order valence-electron chi connectivity index (χ3n) is 3.73. The average molecular weight is 354 g/mol. The Morgan fingerprint density at radius 3 is 2.54 bits per heavy atom. The molecule has 3 aromatic rings. The molecule has 0 saturated heterocycles.